The number of hydrogen-bond donors (Lipinski definition) is 0. The van der Waals surface area contributed by atoms with Gasteiger partial charge in [0.2, 0.25) is 0 Å². The van der Waals surface area contributed by atoms with Crippen molar-refractivity contribution < 1.29 is 4.79 Å². The number of hydrogen-bond acceptors (Lipinski definition) is 2. The molecule has 1 atom stereocenters. The van der Waals surface area contributed by atoms with E-state index in [0.29, 0.717) is 18.1 Å². The molecule has 0 radical (unpaired) electrons. The van der Waals surface area contributed by atoms with E-state index in [0.717, 1.165) is 17.5 Å². The fourth-order valence-electron chi connectivity index (χ4n) is 2.52. The molecule has 2 aromatic rings. The average Bonchev–Trinajstić information content (AvgIpc) is 2.72. The first-order chi connectivity index (χ1) is 8.25. The van der Waals surface area contributed by atoms with Gasteiger partial charge in [0.05, 0.1) is 0 Å². The van der Waals surface area contributed by atoms with Crippen molar-refractivity contribution in [2.75, 3.05) is 0 Å². The van der Waals surface area contributed by atoms with Crippen molar-refractivity contribution in [2.24, 2.45) is 0 Å². The summed E-state index contributed by atoms with van der Waals surface area (Å²) >= 11 is 1.61. The quantitative estimate of drug-likeness (QED) is 0.744. The van der Waals surface area contributed by atoms with E-state index in [1.807, 2.05) is 17.7 Å². The van der Waals surface area contributed by atoms with Crippen LogP contribution in [0.3, 0.4) is 0 Å². The predicted octanol–water partition coefficient (Wildman–Crippen LogP) is 3.97. The van der Waals surface area contributed by atoms with Crippen molar-refractivity contribution in [1.82, 2.24) is 0 Å². The molecule has 0 fully saturated rings. The molecule has 1 aliphatic carbocycles. The lowest BCUT2D eigenvalue weighted by Crippen LogP contribution is -2.20. The lowest BCUT2D eigenvalue weighted by atomic mass is 9.74. The molecule has 1 aromatic heterocycles. The smallest absolute Gasteiger partial charge is 0.164 e. The minimum atomic E-state index is 0.295. The number of carbonyl (C=O) groups excluding carboxylic acids is 1. The van der Waals surface area contributed by atoms with Gasteiger partial charge >= 0.3 is 0 Å². The van der Waals surface area contributed by atoms with Crippen molar-refractivity contribution in [1.29, 1.82) is 0 Å². The van der Waals surface area contributed by atoms with Crippen LogP contribution in [-0.2, 0) is 6.42 Å². The lowest BCUT2D eigenvalue weighted by Gasteiger charge is -2.29. The lowest BCUT2D eigenvalue weighted by molar-refractivity contribution is 0.0970. The van der Waals surface area contributed by atoms with Gasteiger partial charge in [0.1, 0.15) is 0 Å². The maximum Gasteiger partial charge on any atom is 0.164 e. The Morgan fingerprint density at radius 3 is 2.88 bits per heavy atom. The van der Waals surface area contributed by atoms with Crippen molar-refractivity contribution in [3.8, 4) is 0 Å². The molecule has 0 saturated carbocycles. The standard InChI is InChI=1S/C15H14OS/c1-10-8-17-9-14(10)15(16)7-12-6-11-4-2-3-5-13(11)12/h2-5,8-9,12H,6-7H2,1H3. The predicted molar refractivity (Wildman–Crippen MR) is 70.9 cm³/mol. The molecular formula is C15H14OS. The molecule has 1 unspecified atom stereocenters. The van der Waals surface area contributed by atoms with Gasteiger partial charge in [-0.05, 0) is 41.3 Å². The molecule has 0 bridgehead atoms. The van der Waals surface area contributed by atoms with Gasteiger partial charge in [-0.3, -0.25) is 4.79 Å². The summed E-state index contributed by atoms with van der Waals surface area (Å²) in [5, 5.41) is 4.02. The number of carbonyl (C=O) groups is 1. The number of Topliss-reactive ketones (excluding diaryl/α,β-unsaturated/α-hetero) is 1. The van der Waals surface area contributed by atoms with Crippen LogP contribution >= 0.6 is 11.3 Å². The topological polar surface area (TPSA) is 17.1 Å². The van der Waals surface area contributed by atoms with Crippen LogP contribution in [0.5, 0.6) is 0 Å². The monoisotopic (exact) mass is 242 g/mol. The summed E-state index contributed by atoms with van der Waals surface area (Å²) in [5.41, 5.74) is 4.81. The Kier molecular flexibility index (Phi) is 2.60. The minimum Gasteiger partial charge on any atom is -0.294 e. The first-order valence-corrected chi connectivity index (χ1v) is 6.84. The van der Waals surface area contributed by atoms with Crippen molar-refractivity contribution in [3.63, 3.8) is 0 Å². The van der Waals surface area contributed by atoms with Gasteiger partial charge in [0, 0.05) is 17.4 Å². The molecule has 0 spiro atoms. The third kappa shape index (κ3) is 1.83. The molecule has 1 aliphatic rings. The van der Waals surface area contributed by atoms with Crippen LogP contribution in [0, 0.1) is 6.92 Å². The van der Waals surface area contributed by atoms with Crippen LogP contribution in [0.15, 0.2) is 35.0 Å². The van der Waals surface area contributed by atoms with Gasteiger partial charge < -0.3 is 0 Å². The van der Waals surface area contributed by atoms with Gasteiger partial charge in [0.25, 0.3) is 0 Å². The summed E-state index contributed by atoms with van der Waals surface area (Å²) < 4.78 is 0. The van der Waals surface area contributed by atoms with Crippen molar-refractivity contribution >= 4 is 17.1 Å². The average molecular weight is 242 g/mol. The van der Waals surface area contributed by atoms with Crippen LogP contribution < -0.4 is 0 Å². The molecule has 0 amide bonds. The SMILES string of the molecule is Cc1cscc1C(=O)CC1Cc2ccccc21. The number of thiophene rings is 1. The fourth-order valence-corrected chi connectivity index (χ4v) is 3.38. The maximum absolute atomic E-state index is 12.1. The third-order valence-electron chi connectivity index (χ3n) is 3.55. The summed E-state index contributed by atoms with van der Waals surface area (Å²) in [6.45, 7) is 2.01. The van der Waals surface area contributed by atoms with Gasteiger partial charge in [-0.15, -0.1) is 0 Å². The Bertz CT molecular complexity index is 568. The summed E-state index contributed by atoms with van der Waals surface area (Å²) in [7, 11) is 0. The third-order valence-corrected chi connectivity index (χ3v) is 4.41. The second-order valence-electron chi connectivity index (χ2n) is 4.70. The molecule has 1 aromatic carbocycles. The molecule has 0 aliphatic heterocycles. The number of aryl methyl sites for hydroxylation is 1. The number of ketones is 1. The summed E-state index contributed by atoms with van der Waals surface area (Å²) in [6.07, 6.45) is 1.72. The Morgan fingerprint density at radius 1 is 1.35 bits per heavy atom. The van der Waals surface area contributed by atoms with E-state index < -0.39 is 0 Å². The molecule has 0 saturated heterocycles. The Hall–Kier alpha value is -1.41. The zero-order valence-corrected chi connectivity index (χ0v) is 10.6. The van der Waals surface area contributed by atoms with Crippen LogP contribution in [-0.4, -0.2) is 5.78 Å². The number of rotatable bonds is 3. The highest BCUT2D eigenvalue weighted by molar-refractivity contribution is 7.08. The zero-order valence-electron chi connectivity index (χ0n) is 9.77. The Balaban J connectivity index is 1.75. The van der Waals surface area contributed by atoms with Crippen LogP contribution in [0.2, 0.25) is 0 Å². The minimum absolute atomic E-state index is 0.295. The Morgan fingerprint density at radius 2 is 2.18 bits per heavy atom. The van der Waals surface area contributed by atoms with Gasteiger partial charge in [0.15, 0.2) is 5.78 Å². The van der Waals surface area contributed by atoms with Crippen LogP contribution in [0.25, 0.3) is 0 Å². The van der Waals surface area contributed by atoms with Crippen molar-refractivity contribution in [3.05, 3.63) is 57.3 Å². The van der Waals surface area contributed by atoms with E-state index in [-0.39, 0.29) is 0 Å². The molecule has 17 heavy (non-hydrogen) atoms. The van der Waals surface area contributed by atoms with Crippen molar-refractivity contribution in [2.45, 2.75) is 25.7 Å². The molecule has 1 nitrogen and oxygen atoms in total. The first kappa shape index (κ1) is 10.7. The first-order valence-electron chi connectivity index (χ1n) is 5.89. The maximum atomic E-state index is 12.1. The molecule has 3 rings (SSSR count). The molecule has 1 heterocycles. The van der Waals surface area contributed by atoms with Gasteiger partial charge in [-0.25, -0.2) is 0 Å². The highest BCUT2D eigenvalue weighted by Crippen LogP contribution is 2.38. The largest absolute Gasteiger partial charge is 0.294 e. The van der Waals surface area contributed by atoms with Gasteiger partial charge in [-0.2, -0.15) is 11.3 Å². The summed E-state index contributed by atoms with van der Waals surface area (Å²) in [6, 6.07) is 8.44. The number of fused-ring (bicyclic) bond motifs is 1. The van der Waals surface area contributed by atoms with E-state index in [1.54, 1.807) is 11.3 Å². The number of benzene rings is 1. The van der Waals surface area contributed by atoms with E-state index >= 15 is 0 Å². The summed E-state index contributed by atoms with van der Waals surface area (Å²) in [4.78, 5) is 12.1. The Labute approximate surface area is 105 Å². The summed E-state index contributed by atoms with van der Waals surface area (Å²) in [5.74, 6) is 0.737. The zero-order chi connectivity index (χ0) is 11.8. The van der Waals surface area contributed by atoms with Crippen LogP contribution in [0.4, 0.5) is 0 Å². The van der Waals surface area contributed by atoms with E-state index in [1.165, 1.54) is 11.1 Å². The van der Waals surface area contributed by atoms with Gasteiger partial charge in [-0.1, -0.05) is 24.3 Å². The van der Waals surface area contributed by atoms with E-state index in [9.17, 15) is 4.79 Å². The molecule has 0 N–H and O–H groups in total. The van der Waals surface area contributed by atoms with E-state index in [4.69, 9.17) is 0 Å². The molecule has 2 heteroatoms. The second-order valence-corrected chi connectivity index (χ2v) is 5.44. The van der Waals surface area contributed by atoms with E-state index in [2.05, 4.69) is 24.3 Å². The highest BCUT2D eigenvalue weighted by atomic mass is 32.1. The fraction of sp³-hybridized carbons (Fsp3) is 0.267. The van der Waals surface area contributed by atoms with Crippen LogP contribution in [0.1, 0.15) is 39.4 Å². The normalized spacial score (nSPS) is 17.4. The molecular weight excluding hydrogens is 228 g/mol. The molecule has 86 valence electrons. The second kappa shape index (κ2) is 4.11. The highest BCUT2D eigenvalue weighted by Gasteiger charge is 2.28.